The quantitative estimate of drug-likeness (QED) is 0.849. The molecule has 0 atom stereocenters. The first-order valence-electron chi connectivity index (χ1n) is 6.42. The maximum absolute atomic E-state index is 9.78. The number of phenolic OH excluding ortho intramolecular Hbond substituents is 1. The van der Waals surface area contributed by atoms with Crippen LogP contribution in [0.15, 0.2) is 42.5 Å². The number of hydrogen-bond acceptors (Lipinski definition) is 4. The summed E-state index contributed by atoms with van der Waals surface area (Å²) in [5.74, 6) is 1.86. The maximum Gasteiger partial charge on any atom is 0.120 e. The highest BCUT2D eigenvalue weighted by Crippen LogP contribution is 2.22. The van der Waals surface area contributed by atoms with E-state index in [9.17, 15) is 5.11 Å². The Balaban J connectivity index is 1.91. The van der Waals surface area contributed by atoms with Crippen molar-refractivity contribution in [2.75, 3.05) is 14.2 Å². The number of nitrogens with one attached hydrogen (secondary N) is 1. The van der Waals surface area contributed by atoms with Gasteiger partial charge >= 0.3 is 0 Å². The minimum Gasteiger partial charge on any atom is -0.508 e. The van der Waals surface area contributed by atoms with E-state index in [1.54, 1.807) is 26.4 Å². The van der Waals surface area contributed by atoms with Crippen LogP contribution in [0.5, 0.6) is 17.2 Å². The van der Waals surface area contributed by atoms with Crippen LogP contribution in [0.3, 0.4) is 0 Å². The molecule has 0 aliphatic rings. The summed E-state index contributed by atoms with van der Waals surface area (Å²) in [6.07, 6.45) is 0. The van der Waals surface area contributed by atoms with Gasteiger partial charge in [-0.05, 0) is 35.9 Å². The largest absolute Gasteiger partial charge is 0.508 e. The first kappa shape index (κ1) is 14.2. The molecule has 0 saturated heterocycles. The van der Waals surface area contributed by atoms with Crippen LogP contribution in [0.2, 0.25) is 0 Å². The van der Waals surface area contributed by atoms with E-state index in [4.69, 9.17) is 9.47 Å². The molecule has 2 aromatic carbocycles. The molecule has 4 heteroatoms. The molecule has 0 aliphatic carbocycles. The van der Waals surface area contributed by atoms with Gasteiger partial charge in [0.15, 0.2) is 0 Å². The summed E-state index contributed by atoms with van der Waals surface area (Å²) in [5.41, 5.74) is 1.98. The summed E-state index contributed by atoms with van der Waals surface area (Å²) in [7, 11) is 3.26. The molecular weight excluding hydrogens is 254 g/mol. The van der Waals surface area contributed by atoms with Crippen LogP contribution in [0, 0.1) is 0 Å². The fourth-order valence-corrected chi connectivity index (χ4v) is 1.92. The lowest BCUT2D eigenvalue weighted by atomic mass is 10.1. The van der Waals surface area contributed by atoms with Crippen molar-refractivity contribution in [1.29, 1.82) is 0 Å². The molecule has 0 amide bonds. The SMILES string of the molecule is COc1ccc(CNCc2cc(OC)ccc2O)cc1. The smallest absolute Gasteiger partial charge is 0.120 e. The van der Waals surface area contributed by atoms with E-state index in [2.05, 4.69) is 5.32 Å². The second-order valence-electron chi connectivity index (χ2n) is 4.45. The van der Waals surface area contributed by atoms with E-state index in [1.807, 2.05) is 30.3 Å². The van der Waals surface area contributed by atoms with Crippen LogP contribution in [0.25, 0.3) is 0 Å². The summed E-state index contributed by atoms with van der Waals surface area (Å²) >= 11 is 0. The Kier molecular flexibility index (Phi) is 4.85. The van der Waals surface area contributed by atoms with Crippen LogP contribution in [0.1, 0.15) is 11.1 Å². The molecule has 0 spiro atoms. The average Bonchev–Trinajstić information content (AvgIpc) is 2.50. The molecule has 2 rings (SSSR count). The molecule has 0 aliphatic heterocycles. The van der Waals surface area contributed by atoms with Gasteiger partial charge in [0.25, 0.3) is 0 Å². The fraction of sp³-hybridized carbons (Fsp3) is 0.250. The molecule has 0 fully saturated rings. The Labute approximate surface area is 119 Å². The minimum absolute atomic E-state index is 0.271. The van der Waals surface area contributed by atoms with Gasteiger partial charge in [-0.15, -0.1) is 0 Å². The molecule has 2 aromatic rings. The Morgan fingerprint density at radius 2 is 1.55 bits per heavy atom. The third kappa shape index (κ3) is 3.65. The Morgan fingerprint density at radius 1 is 0.900 bits per heavy atom. The average molecular weight is 273 g/mol. The maximum atomic E-state index is 9.78. The minimum atomic E-state index is 0.271. The number of hydrogen-bond donors (Lipinski definition) is 2. The lowest BCUT2D eigenvalue weighted by Gasteiger charge is -2.09. The van der Waals surface area contributed by atoms with Gasteiger partial charge in [-0.25, -0.2) is 0 Å². The number of ether oxygens (including phenoxy) is 2. The van der Waals surface area contributed by atoms with E-state index >= 15 is 0 Å². The third-order valence-corrected chi connectivity index (χ3v) is 3.09. The van der Waals surface area contributed by atoms with Gasteiger partial charge in [0.05, 0.1) is 14.2 Å². The summed E-state index contributed by atoms with van der Waals surface area (Å²) < 4.78 is 10.3. The summed E-state index contributed by atoms with van der Waals surface area (Å²) in [5, 5.41) is 13.1. The topological polar surface area (TPSA) is 50.7 Å². The lowest BCUT2D eigenvalue weighted by molar-refractivity contribution is 0.410. The van der Waals surface area contributed by atoms with Crippen molar-refractivity contribution >= 4 is 0 Å². The first-order chi connectivity index (χ1) is 9.72. The monoisotopic (exact) mass is 273 g/mol. The molecule has 0 radical (unpaired) electrons. The predicted molar refractivity (Wildman–Crippen MR) is 78.2 cm³/mol. The predicted octanol–water partition coefficient (Wildman–Crippen LogP) is 2.70. The summed E-state index contributed by atoms with van der Waals surface area (Å²) in [6.45, 7) is 1.30. The third-order valence-electron chi connectivity index (χ3n) is 3.09. The van der Waals surface area contributed by atoms with Crippen molar-refractivity contribution in [2.45, 2.75) is 13.1 Å². The van der Waals surface area contributed by atoms with Gasteiger partial charge < -0.3 is 19.9 Å². The van der Waals surface area contributed by atoms with E-state index in [1.165, 1.54) is 0 Å². The van der Waals surface area contributed by atoms with Gasteiger partial charge in [0.2, 0.25) is 0 Å². The first-order valence-corrected chi connectivity index (χ1v) is 6.42. The highest BCUT2D eigenvalue weighted by atomic mass is 16.5. The lowest BCUT2D eigenvalue weighted by Crippen LogP contribution is -2.12. The van der Waals surface area contributed by atoms with Gasteiger partial charge in [0, 0.05) is 18.7 Å². The van der Waals surface area contributed by atoms with Crippen molar-refractivity contribution in [3.05, 3.63) is 53.6 Å². The Bertz CT molecular complexity index is 552. The van der Waals surface area contributed by atoms with E-state index < -0.39 is 0 Å². The van der Waals surface area contributed by atoms with Crippen molar-refractivity contribution in [3.8, 4) is 17.2 Å². The van der Waals surface area contributed by atoms with Crippen LogP contribution in [-0.4, -0.2) is 19.3 Å². The van der Waals surface area contributed by atoms with Gasteiger partial charge in [-0.2, -0.15) is 0 Å². The Morgan fingerprint density at radius 3 is 2.20 bits per heavy atom. The van der Waals surface area contributed by atoms with Crippen molar-refractivity contribution in [1.82, 2.24) is 5.32 Å². The molecule has 0 heterocycles. The summed E-state index contributed by atoms with van der Waals surface area (Å²) in [4.78, 5) is 0. The van der Waals surface area contributed by atoms with Crippen LogP contribution in [0.4, 0.5) is 0 Å². The summed E-state index contributed by atoms with van der Waals surface area (Å²) in [6, 6.07) is 13.1. The number of phenols is 1. The highest BCUT2D eigenvalue weighted by Gasteiger charge is 2.03. The zero-order chi connectivity index (χ0) is 14.4. The van der Waals surface area contributed by atoms with E-state index in [0.29, 0.717) is 6.54 Å². The van der Waals surface area contributed by atoms with Crippen molar-refractivity contribution < 1.29 is 14.6 Å². The molecule has 0 saturated carbocycles. The zero-order valence-electron chi connectivity index (χ0n) is 11.7. The van der Waals surface area contributed by atoms with Crippen LogP contribution >= 0.6 is 0 Å². The second kappa shape index (κ2) is 6.82. The van der Waals surface area contributed by atoms with E-state index in [0.717, 1.165) is 29.2 Å². The number of aromatic hydroxyl groups is 1. The fourth-order valence-electron chi connectivity index (χ4n) is 1.92. The molecule has 20 heavy (non-hydrogen) atoms. The van der Waals surface area contributed by atoms with Gasteiger partial charge in [-0.1, -0.05) is 12.1 Å². The van der Waals surface area contributed by atoms with Crippen molar-refractivity contribution in [3.63, 3.8) is 0 Å². The van der Waals surface area contributed by atoms with Gasteiger partial charge in [0.1, 0.15) is 17.2 Å². The Hall–Kier alpha value is -2.20. The number of rotatable bonds is 6. The highest BCUT2D eigenvalue weighted by molar-refractivity contribution is 5.39. The molecular formula is C16H19NO3. The molecule has 106 valence electrons. The molecule has 4 nitrogen and oxygen atoms in total. The number of benzene rings is 2. The standard InChI is InChI=1S/C16H19NO3/c1-19-14-5-3-12(4-6-14)10-17-11-13-9-15(20-2)7-8-16(13)18/h3-9,17-18H,10-11H2,1-2H3. The van der Waals surface area contributed by atoms with Crippen LogP contribution in [-0.2, 0) is 13.1 Å². The van der Waals surface area contributed by atoms with Gasteiger partial charge in [-0.3, -0.25) is 0 Å². The zero-order valence-corrected chi connectivity index (χ0v) is 11.7. The normalized spacial score (nSPS) is 10.3. The number of methoxy groups -OCH3 is 2. The molecule has 0 bridgehead atoms. The van der Waals surface area contributed by atoms with Crippen LogP contribution < -0.4 is 14.8 Å². The molecule has 0 aromatic heterocycles. The second-order valence-corrected chi connectivity index (χ2v) is 4.45. The van der Waals surface area contributed by atoms with Crippen molar-refractivity contribution in [2.24, 2.45) is 0 Å². The molecule has 2 N–H and O–H groups in total. The molecule has 0 unspecified atom stereocenters. The van der Waals surface area contributed by atoms with E-state index in [-0.39, 0.29) is 5.75 Å².